The number of rotatable bonds is 4. The minimum atomic E-state index is -3.48. The Balaban J connectivity index is 2.44. The first-order valence-corrected chi connectivity index (χ1v) is 7.29. The summed E-state index contributed by atoms with van der Waals surface area (Å²) in [6.07, 6.45) is 0.00575. The number of carbonyl (C=O) groups is 1. The van der Waals surface area contributed by atoms with Gasteiger partial charge in [-0.3, -0.25) is 4.90 Å². The number of hydrogen-bond donors (Lipinski definition) is 1. The predicted octanol–water partition coefficient (Wildman–Crippen LogP) is 1.87. The maximum absolute atomic E-state index is 12.3. The van der Waals surface area contributed by atoms with Crippen molar-refractivity contribution in [2.75, 3.05) is 7.05 Å². The molecule has 1 aliphatic carbocycles. The van der Waals surface area contributed by atoms with Crippen molar-refractivity contribution in [3.05, 3.63) is 35.9 Å². The molecule has 1 aromatic rings. The van der Waals surface area contributed by atoms with Crippen molar-refractivity contribution in [1.29, 1.82) is 0 Å². The molecule has 0 bridgehead atoms. The summed E-state index contributed by atoms with van der Waals surface area (Å²) in [6.45, 7) is 0. The van der Waals surface area contributed by atoms with Crippen molar-refractivity contribution in [3.8, 4) is 0 Å². The molecule has 0 radical (unpaired) electrons. The van der Waals surface area contributed by atoms with Crippen LogP contribution >= 0.6 is 0 Å². The Labute approximate surface area is 106 Å². The van der Waals surface area contributed by atoms with Crippen LogP contribution in [0.25, 0.3) is 0 Å². The molecule has 1 atom stereocenters. The van der Waals surface area contributed by atoms with Gasteiger partial charge in [-0.15, -0.1) is 0 Å². The Kier molecular flexibility index (Phi) is 3.30. The molecule has 1 unspecified atom stereocenters. The quantitative estimate of drug-likeness (QED) is 0.905. The van der Waals surface area contributed by atoms with Crippen LogP contribution in [0.15, 0.2) is 30.3 Å². The molecule has 1 aliphatic rings. The van der Waals surface area contributed by atoms with E-state index in [1.807, 2.05) is 0 Å². The fourth-order valence-corrected chi connectivity index (χ4v) is 4.16. The Morgan fingerprint density at radius 2 is 1.89 bits per heavy atom. The summed E-state index contributed by atoms with van der Waals surface area (Å²) in [5.74, 6) is 0. The topological polar surface area (TPSA) is 74.7 Å². The zero-order valence-corrected chi connectivity index (χ0v) is 10.8. The highest BCUT2D eigenvalue weighted by atomic mass is 32.2. The smallest absolute Gasteiger partial charge is 0.408 e. The number of amides is 1. The number of carboxylic acid groups (broad SMARTS) is 1. The van der Waals surface area contributed by atoms with Crippen LogP contribution in [0.4, 0.5) is 4.79 Å². The molecule has 1 aromatic carbocycles. The molecule has 1 N–H and O–H groups in total. The van der Waals surface area contributed by atoms with Crippen LogP contribution in [0, 0.1) is 0 Å². The highest BCUT2D eigenvalue weighted by Gasteiger charge is 2.44. The first kappa shape index (κ1) is 12.9. The van der Waals surface area contributed by atoms with Gasteiger partial charge in [0.25, 0.3) is 0 Å². The average molecular weight is 269 g/mol. The van der Waals surface area contributed by atoms with E-state index in [1.165, 1.54) is 7.05 Å². The highest BCUT2D eigenvalue weighted by Crippen LogP contribution is 2.38. The molecule has 0 aromatic heterocycles. The van der Waals surface area contributed by atoms with Gasteiger partial charge in [-0.05, 0) is 18.4 Å². The number of sulfone groups is 1. The van der Waals surface area contributed by atoms with Crippen LogP contribution in [-0.4, -0.2) is 36.8 Å². The van der Waals surface area contributed by atoms with Crippen LogP contribution in [0.1, 0.15) is 23.8 Å². The van der Waals surface area contributed by atoms with Crippen LogP contribution in [-0.2, 0) is 9.84 Å². The van der Waals surface area contributed by atoms with Crippen molar-refractivity contribution in [1.82, 2.24) is 4.90 Å². The van der Waals surface area contributed by atoms with E-state index in [9.17, 15) is 13.2 Å². The largest absolute Gasteiger partial charge is 0.465 e. The SMILES string of the molecule is CN(C(=O)O)C(c1ccccc1)S(=O)(=O)C1CC1. The lowest BCUT2D eigenvalue weighted by Gasteiger charge is -2.26. The van der Waals surface area contributed by atoms with Crippen molar-refractivity contribution in [2.45, 2.75) is 23.5 Å². The van der Waals surface area contributed by atoms with E-state index < -0.39 is 26.6 Å². The van der Waals surface area contributed by atoms with Crippen LogP contribution in [0.2, 0.25) is 0 Å². The van der Waals surface area contributed by atoms with Gasteiger partial charge in [-0.1, -0.05) is 30.3 Å². The molecule has 1 saturated carbocycles. The number of nitrogens with zero attached hydrogens (tertiary/aromatic N) is 1. The predicted molar refractivity (Wildman–Crippen MR) is 66.9 cm³/mol. The summed E-state index contributed by atoms with van der Waals surface area (Å²) >= 11 is 0. The Morgan fingerprint density at radius 3 is 2.33 bits per heavy atom. The highest BCUT2D eigenvalue weighted by molar-refractivity contribution is 7.92. The van der Waals surface area contributed by atoms with Gasteiger partial charge in [-0.2, -0.15) is 0 Å². The second-order valence-electron chi connectivity index (χ2n) is 4.44. The van der Waals surface area contributed by atoms with Gasteiger partial charge in [0.15, 0.2) is 15.2 Å². The van der Waals surface area contributed by atoms with E-state index in [4.69, 9.17) is 5.11 Å². The van der Waals surface area contributed by atoms with Crippen molar-refractivity contribution in [2.24, 2.45) is 0 Å². The lowest BCUT2D eigenvalue weighted by atomic mass is 10.2. The van der Waals surface area contributed by atoms with Gasteiger partial charge in [0.2, 0.25) is 0 Å². The van der Waals surface area contributed by atoms with E-state index >= 15 is 0 Å². The van der Waals surface area contributed by atoms with Gasteiger partial charge in [0.05, 0.1) is 5.25 Å². The minimum absolute atomic E-state index is 0.399. The summed E-state index contributed by atoms with van der Waals surface area (Å²) < 4.78 is 24.7. The van der Waals surface area contributed by atoms with Crippen molar-refractivity contribution < 1.29 is 18.3 Å². The molecule has 0 saturated heterocycles. The molecule has 2 rings (SSSR count). The molecule has 6 heteroatoms. The summed E-state index contributed by atoms with van der Waals surface area (Å²) in [4.78, 5) is 11.9. The van der Waals surface area contributed by atoms with Crippen LogP contribution in [0.3, 0.4) is 0 Å². The third-order valence-corrected chi connectivity index (χ3v) is 5.65. The standard InChI is InChI=1S/C12H15NO4S/c1-13(12(14)15)11(9-5-3-2-4-6-9)18(16,17)10-7-8-10/h2-6,10-11H,7-8H2,1H3,(H,14,15). The summed E-state index contributed by atoms with van der Waals surface area (Å²) in [6, 6.07) is 8.47. The molecule has 98 valence electrons. The zero-order valence-electron chi connectivity index (χ0n) is 9.98. The van der Waals surface area contributed by atoms with Gasteiger partial charge < -0.3 is 5.11 Å². The number of hydrogen-bond acceptors (Lipinski definition) is 3. The third kappa shape index (κ3) is 2.33. The van der Waals surface area contributed by atoms with Gasteiger partial charge in [0.1, 0.15) is 0 Å². The van der Waals surface area contributed by atoms with Crippen LogP contribution in [0.5, 0.6) is 0 Å². The minimum Gasteiger partial charge on any atom is -0.465 e. The van der Waals surface area contributed by atoms with Gasteiger partial charge in [-0.25, -0.2) is 13.2 Å². The average Bonchev–Trinajstić information content (AvgIpc) is 3.14. The van der Waals surface area contributed by atoms with E-state index in [-0.39, 0.29) is 0 Å². The van der Waals surface area contributed by atoms with Crippen molar-refractivity contribution >= 4 is 15.9 Å². The molecule has 18 heavy (non-hydrogen) atoms. The molecular formula is C12H15NO4S. The fourth-order valence-electron chi connectivity index (χ4n) is 1.93. The number of benzene rings is 1. The van der Waals surface area contributed by atoms with Gasteiger partial charge in [0, 0.05) is 7.05 Å². The molecule has 1 fully saturated rings. The lowest BCUT2D eigenvalue weighted by Crippen LogP contribution is -2.36. The normalized spacial score (nSPS) is 17.2. The molecule has 5 nitrogen and oxygen atoms in total. The summed E-state index contributed by atoms with van der Waals surface area (Å²) in [5.41, 5.74) is 0.495. The Morgan fingerprint density at radius 1 is 1.33 bits per heavy atom. The zero-order chi connectivity index (χ0) is 13.3. The third-order valence-electron chi connectivity index (χ3n) is 3.04. The monoisotopic (exact) mass is 269 g/mol. The Bertz CT molecular complexity index is 536. The first-order chi connectivity index (χ1) is 8.44. The maximum Gasteiger partial charge on any atom is 0.408 e. The molecule has 0 aliphatic heterocycles. The molecule has 0 spiro atoms. The van der Waals surface area contributed by atoms with E-state index in [1.54, 1.807) is 30.3 Å². The lowest BCUT2D eigenvalue weighted by molar-refractivity contribution is 0.150. The van der Waals surface area contributed by atoms with Gasteiger partial charge >= 0.3 is 6.09 Å². The van der Waals surface area contributed by atoms with E-state index in [2.05, 4.69) is 0 Å². The first-order valence-electron chi connectivity index (χ1n) is 5.68. The summed E-state index contributed by atoms with van der Waals surface area (Å²) in [7, 11) is -2.19. The van der Waals surface area contributed by atoms with Crippen molar-refractivity contribution in [3.63, 3.8) is 0 Å². The molecular weight excluding hydrogens is 254 g/mol. The molecule has 1 amide bonds. The van der Waals surface area contributed by atoms with Crippen LogP contribution < -0.4 is 0 Å². The Hall–Kier alpha value is -1.56. The van der Waals surface area contributed by atoms with E-state index in [0.29, 0.717) is 18.4 Å². The second kappa shape index (κ2) is 4.61. The maximum atomic E-state index is 12.3. The molecule has 0 heterocycles. The summed E-state index contributed by atoms with van der Waals surface area (Å²) in [5, 5.41) is 7.53. The fraction of sp³-hybridized carbons (Fsp3) is 0.417. The van der Waals surface area contributed by atoms with E-state index in [0.717, 1.165) is 4.90 Å². The second-order valence-corrected chi connectivity index (χ2v) is 6.74.